The Bertz CT molecular complexity index is 400. The zero-order valence-electron chi connectivity index (χ0n) is 8.38. The number of hydrogen-bond acceptors (Lipinski definition) is 3. The molecule has 15 heavy (non-hydrogen) atoms. The maximum absolute atomic E-state index is 6.02. The van der Waals surface area contributed by atoms with Crippen LogP contribution in [0.25, 0.3) is 0 Å². The summed E-state index contributed by atoms with van der Waals surface area (Å²) < 4.78 is 0. The Balaban J connectivity index is 2.08. The molecular formula is C12H13N3. The second-order valence-electron chi connectivity index (χ2n) is 3.39. The van der Waals surface area contributed by atoms with Crippen molar-refractivity contribution in [2.24, 2.45) is 5.73 Å². The van der Waals surface area contributed by atoms with Gasteiger partial charge in [-0.3, -0.25) is 9.97 Å². The molecule has 0 bridgehead atoms. The van der Waals surface area contributed by atoms with Crippen molar-refractivity contribution in [2.75, 3.05) is 0 Å². The lowest BCUT2D eigenvalue weighted by molar-refractivity contribution is 0.683. The number of pyridine rings is 2. The summed E-state index contributed by atoms with van der Waals surface area (Å²) in [4.78, 5) is 8.46. The maximum Gasteiger partial charge on any atom is 0.0574 e. The van der Waals surface area contributed by atoms with Gasteiger partial charge in [-0.1, -0.05) is 12.1 Å². The lowest BCUT2D eigenvalue weighted by Crippen LogP contribution is -2.15. The molecule has 76 valence electrons. The van der Waals surface area contributed by atoms with E-state index in [1.54, 1.807) is 12.4 Å². The Morgan fingerprint density at radius 2 is 1.73 bits per heavy atom. The molecule has 3 nitrogen and oxygen atoms in total. The fraction of sp³-hybridized carbons (Fsp3) is 0.167. The zero-order valence-corrected chi connectivity index (χ0v) is 8.38. The van der Waals surface area contributed by atoms with Crippen LogP contribution in [0.15, 0.2) is 48.8 Å². The van der Waals surface area contributed by atoms with Crippen LogP contribution in [0.2, 0.25) is 0 Å². The number of aromatic nitrogens is 2. The molecule has 0 fully saturated rings. The SMILES string of the molecule is NC(Cc1ccccn1)c1ccccn1. The van der Waals surface area contributed by atoms with Crippen LogP contribution >= 0.6 is 0 Å². The molecule has 0 aliphatic heterocycles. The summed E-state index contributed by atoms with van der Waals surface area (Å²) in [6.45, 7) is 0. The van der Waals surface area contributed by atoms with E-state index in [4.69, 9.17) is 5.73 Å². The third-order valence-electron chi connectivity index (χ3n) is 2.22. The molecule has 0 aromatic carbocycles. The van der Waals surface area contributed by atoms with E-state index >= 15 is 0 Å². The van der Waals surface area contributed by atoms with Crippen LogP contribution in [0.1, 0.15) is 17.4 Å². The molecule has 3 heteroatoms. The molecular weight excluding hydrogens is 186 g/mol. The largest absolute Gasteiger partial charge is 0.322 e. The van der Waals surface area contributed by atoms with E-state index in [1.807, 2.05) is 36.4 Å². The van der Waals surface area contributed by atoms with Crippen molar-refractivity contribution in [3.8, 4) is 0 Å². The average Bonchev–Trinajstić information content (AvgIpc) is 2.31. The van der Waals surface area contributed by atoms with Gasteiger partial charge in [-0.05, 0) is 24.3 Å². The fourth-order valence-corrected chi connectivity index (χ4v) is 1.44. The van der Waals surface area contributed by atoms with Crippen molar-refractivity contribution < 1.29 is 0 Å². The fourth-order valence-electron chi connectivity index (χ4n) is 1.44. The molecule has 0 spiro atoms. The van der Waals surface area contributed by atoms with Crippen molar-refractivity contribution >= 4 is 0 Å². The molecule has 0 amide bonds. The smallest absolute Gasteiger partial charge is 0.0574 e. The molecule has 0 radical (unpaired) electrons. The minimum Gasteiger partial charge on any atom is -0.322 e. The van der Waals surface area contributed by atoms with Gasteiger partial charge < -0.3 is 5.73 Å². The van der Waals surface area contributed by atoms with Crippen LogP contribution in [0.3, 0.4) is 0 Å². The van der Waals surface area contributed by atoms with E-state index in [9.17, 15) is 0 Å². The first-order chi connectivity index (χ1) is 7.36. The van der Waals surface area contributed by atoms with Gasteiger partial charge in [0.05, 0.1) is 11.7 Å². The van der Waals surface area contributed by atoms with E-state index in [0.717, 1.165) is 17.8 Å². The molecule has 0 aliphatic carbocycles. The summed E-state index contributed by atoms with van der Waals surface area (Å²) in [5.74, 6) is 0. The summed E-state index contributed by atoms with van der Waals surface area (Å²) in [5, 5.41) is 0. The monoisotopic (exact) mass is 199 g/mol. The first-order valence-corrected chi connectivity index (χ1v) is 4.92. The second kappa shape index (κ2) is 4.66. The maximum atomic E-state index is 6.02. The normalized spacial score (nSPS) is 12.3. The molecule has 2 N–H and O–H groups in total. The third kappa shape index (κ3) is 2.60. The predicted molar refractivity (Wildman–Crippen MR) is 59.1 cm³/mol. The van der Waals surface area contributed by atoms with Gasteiger partial charge in [-0.15, -0.1) is 0 Å². The van der Waals surface area contributed by atoms with Crippen LogP contribution in [0, 0.1) is 0 Å². The molecule has 2 aromatic heterocycles. The number of nitrogens with two attached hydrogens (primary N) is 1. The molecule has 1 unspecified atom stereocenters. The molecule has 2 heterocycles. The molecule has 2 aromatic rings. The Hall–Kier alpha value is -1.74. The second-order valence-corrected chi connectivity index (χ2v) is 3.39. The van der Waals surface area contributed by atoms with E-state index in [1.165, 1.54) is 0 Å². The number of hydrogen-bond donors (Lipinski definition) is 1. The van der Waals surface area contributed by atoms with Gasteiger partial charge in [0.15, 0.2) is 0 Å². The van der Waals surface area contributed by atoms with Crippen molar-refractivity contribution in [2.45, 2.75) is 12.5 Å². The van der Waals surface area contributed by atoms with Crippen LogP contribution < -0.4 is 5.73 Å². The molecule has 1 atom stereocenters. The summed E-state index contributed by atoms with van der Waals surface area (Å²) in [6.07, 6.45) is 4.26. The minimum absolute atomic E-state index is 0.0823. The average molecular weight is 199 g/mol. The van der Waals surface area contributed by atoms with Crippen molar-refractivity contribution in [3.63, 3.8) is 0 Å². The Kier molecular flexibility index (Phi) is 3.05. The Morgan fingerprint density at radius 1 is 1.00 bits per heavy atom. The van der Waals surface area contributed by atoms with E-state index in [-0.39, 0.29) is 6.04 Å². The van der Waals surface area contributed by atoms with Crippen LogP contribution in [-0.4, -0.2) is 9.97 Å². The summed E-state index contributed by atoms with van der Waals surface area (Å²) in [5.41, 5.74) is 7.93. The highest BCUT2D eigenvalue weighted by Gasteiger charge is 2.07. The predicted octanol–water partition coefficient (Wildman–Crippen LogP) is 1.72. The van der Waals surface area contributed by atoms with Gasteiger partial charge in [0.1, 0.15) is 0 Å². The van der Waals surface area contributed by atoms with Crippen LogP contribution in [0.5, 0.6) is 0 Å². The topological polar surface area (TPSA) is 51.8 Å². The van der Waals surface area contributed by atoms with Gasteiger partial charge in [0, 0.05) is 24.5 Å². The quantitative estimate of drug-likeness (QED) is 0.818. The van der Waals surface area contributed by atoms with Gasteiger partial charge in [0.25, 0.3) is 0 Å². The van der Waals surface area contributed by atoms with Crippen molar-refractivity contribution in [3.05, 3.63) is 60.2 Å². The van der Waals surface area contributed by atoms with E-state index < -0.39 is 0 Å². The minimum atomic E-state index is -0.0823. The number of rotatable bonds is 3. The molecule has 0 saturated carbocycles. The van der Waals surface area contributed by atoms with Gasteiger partial charge in [-0.2, -0.15) is 0 Å². The first-order valence-electron chi connectivity index (χ1n) is 4.92. The van der Waals surface area contributed by atoms with Crippen LogP contribution in [-0.2, 0) is 6.42 Å². The molecule has 0 aliphatic rings. The summed E-state index contributed by atoms with van der Waals surface area (Å²) >= 11 is 0. The van der Waals surface area contributed by atoms with Crippen molar-refractivity contribution in [1.29, 1.82) is 0 Å². The first kappa shape index (κ1) is 9.80. The lowest BCUT2D eigenvalue weighted by atomic mass is 10.1. The van der Waals surface area contributed by atoms with E-state index in [0.29, 0.717) is 0 Å². The standard InChI is InChI=1S/C12H13N3/c13-11(12-6-2-4-8-15-12)9-10-5-1-3-7-14-10/h1-8,11H,9,13H2. The highest BCUT2D eigenvalue weighted by Crippen LogP contribution is 2.11. The van der Waals surface area contributed by atoms with Gasteiger partial charge in [0.2, 0.25) is 0 Å². The van der Waals surface area contributed by atoms with Gasteiger partial charge >= 0.3 is 0 Å². The van der Waals surface area contributed by atoms with Crippen molar-refractivity contribution in [1.82, 2.24) is 9.97 Å². The highest BCUT2D eigenvalue weighted by molar-refractivity contribution is 5.13. The Labute approximate surface area is 89.0 Å². The molecule has 2 rings (SSSR count). The molecule has 0 saturated heterocycles. The number of nitrogens with zero attached hydrogens (tertiary/aromatic N) is 2. The lowest BCUT2D eigenvalue weighted by Gasteiger charge is -2.09. The zero-order chi connectivity index (χ0) is 10.5. The van der Waals surface area contributed by atoms with Crippen LogP contribution in [0.4, 0.5) is 0 Å². The summed E-state index contributed by atoms with van der Waals surface area (Å²) in [6, 6.07) is 11.5. The van der Waals surface area contributed by atoms with E-state index in [2.05, 4.69) is 9.97 Å². The highest BCUT2D eigenvalue weighted by atomic mass is 14.8. The Morgan fingerprint density at radius 3 is 2.33 bits per heavy atom. The summed E-state index contributed by atoms with van der Waals surface area (Å²) in [7, 11) is 0. The third-order valence-corrected chi connectivity index (χ3v) is 2.22. The van der Waals surface area contributed by atoms with Gasteiger partial charge in [-0.25, -0.2) is 0 Å².